The first-order chi connectivity index (χ1) is 10.3. The molecule has 1 aliphatic heterocycles. The normalized spacial score (nSPS) is 18.4. The van der Waals surface area contributed by atoms with E-state index in [2.05, 4.69) is 34.6 Å². The minimum atomic E-state index is -0.325. The van der Waals surface area contributed by atoms with Crippen molar-refractivity contribution in [1.82, 2.24) is 4.98 Å². The largest absolute Gasteiger partial charge is 0.368 e. The summed E-state index contributed by atoms with van der Waals surface area (Å²) in [5.41, 5.74) is 0.945. The molecule has 5 heteroatoms. The van der Waals surface area contributed by atoms with Crippen LogP contribution in [0.2, 0.25) is 0 Å². The lowest BCUT2D eigenvalue weighted by atomic mass is 10.1. The van der Waals surface area contributed by atoms with Crippen molar-refractivity contribution in [1.29, 1.82) is 0 Å². The van der Waals surface area contributed by atoms with E-state index in [4.69, 9.17) is 4.74 Å². The van der Waals surface area contributed by atoms with Crippen LogP contribution in [-0.2, 0) is 9.53 Å². The number of thiazole rings is 1. The van der Waals surface area contributed by atoms with E-state index in [0.29, 0.717) is 11.7 Å². The molecule has 1 amide bonds. The summed E-state index contributed by atoms with van der Waals surface area (Å²) in [7, 11) is 0. The van der Waals surface area contributed by atoms with Gasteiger partial charge in [0.05, 0.1) is 10.2 Å². The fraction of sp³-hybridized carbons (Fsp3) is 0.250. The number of hydrogen-bond acceptors (Lipinski definition) is 4. The highest BCUT2D eigenvalue weighted by molar-refractivity contribution is 7.22. The molecule has 0 bridgehead atoms. The number of benzene rings is 2. The Morgan fingerprint density at radius 2 is 2.19 bits per heavy atom. The van der Waals surface area contributed by atoms with Gasteiger partial charge < -0.3 is 4.74 Å². The van der Waals surface area contributed by atoms with Crippen LogP contribution in [0.1, 0.15) is 12.8 Å². The number of carbonyl (C=O) groups is 1. The molecule has 21 heavy (non-hydrogen) atoms. The van der Waals surface area contributed by atoms with E-state index in [-0.39, 0.29) is 12.0 Å². The van der Waals surface area contributed by atoms with Crippen LogP contribution in [-0.4, -0.2) is 23.6 Å². The molecule has 1 aromatic heterocycles. The van der Waals surface area contributed by atoms with Gasteiger partial charge in [-0.3, -0.25) is 10.1 Å². The predicted molar refractivity (Wildman–Crippen MR) is 84.7 cm³/mol. The predicted octanol–water partition coefficient (Wildman–Crippen LogP) is 3.57. The zero-order valence-electron chi connectivity index (χ0n) is 11.3. The Morgan fingerprint density at radius 3 is 3.05 bits per heavy atom. The molecule has 1 aliphatic rings. The van der Waals surface area contributed by atoms with Crippen LogP contribution in [0.15, 0.2) is 36.4 Å². The van der Waals surface area contributed by atoms with E-state index in [1.165, 1.54) is 11.3 Å². The number of nitrogens with one attached hydrogen (secondary N) is 1. The zero-order valence-corrected chi connectivity index (χ0v) is 12.2. The second-order valence-electron chi connectivity index (χ2n) is 5.14. The van der Waals surface area contributed by atoms with Crippen molar-refractivity contribution in [2.45, 2.75) is 18.9 Å². The number of hydrogen-bond donors (Lipinski definition) is 1. The van der Waals surface area contributed by atoms with Crippen molar-refractivity contribution in [3.05, 3.63) is 36.4 Å². The molecule has 1 fully saturated rings. The maximum atomic E-state index is 12.1. The first-order valence-corrected chi connectivity index (χ1v) is 7.84. The molecule has 2 aromatic carbocycles. The standard InChI is InChI=1S/C16H14N2O2S/c19-15(12-6-3-9-20-12)18-16-17-14-11-5-2-1-4-10(11)7-8-13(14)21-16/h1-2,4-5,7-8,12H,3,6,9H2,(H,17,18,19)/t12-/m1/s1. The summed E-state index contributed by atoms with van der Waals surface area (Å²) in [5.74, 6) is -0.0872. The average Bonchev–Trinajstić information content (AvgIpc) is 3.16. The SMILES string of the molecule is O=C(Nc1nc2c(ccc3ccccc32)s1)[C@H]1CCCO1. The lowest BCUT2D eigenvalue weighted by Gasteiger charge is -2.07. The molecule has 1 N–H and O–H groups in total. The van der Waals surface area contributed by atoms with Crippen LogP contribution >= 0.6 is 11.3 Å². The third kappa shape index (κ3) is 2.28. The number of nitrogens with zero attached hydrogens (tertiary/aromatic N) is 1. The van der Waals surface area contributed by atoms with Gasteiger partial charge in [0.25, 0.3) is 5.91 Å². The van der Waals surface area contributed by atoms with Gasteiger partial charge in [-0.15, -0.1) is 0 Å². The Hall–Kier alpha value is -1.98. The van der Waals surface area contributed by atoms with Crippen molar-refractivity contribution in [3.63, 3.8) is 0 Å². The molecule has 2 heterocycles. The number of rotatable bonds is 2. The van der Waals surface area contributed by atoms with Gasteiger partial charge in [-0.1, -0.05) is 41.7 Å². The Labute approximate surface area is 125 Å². The summed E-state index contributed by atoms with van der Waals surface area (Å²) in [4.78, 5) is 16.7. The fourth-order valence-electron chi connectivity index (χ4n) is 2.69. The van der Waals surface area contributed by atoms with Crippen molar-refractivity contribution in [2.75, 3.05) is 11.9 Å². The highest BCUT2D eigenvalue weighted by atomic mass is 32.1. The number of aromatic nitrogens is 1. The van der Waals surface area contributed by atoms with Crippen LogP contribution in [0.25, 0.3) is 21.0 Å². The lowest BCUT2D eigenvalue weighted by molar-refractivity contribution is -0.124. The van der Waals surface area contributed by atoms with Gasteiger partial charge in [-0.2, -0.15) is 0 Å². The van der Waals surface area contributed by atoms with Gasteiger partial charge in [-0.05, 0) is 24.3 Å². The zero-order chi connectivity index (χ0) is 14.2. The Morgan fingerprint density at radius 1 is 1.29 bits per heavy atom. The van der Waals surface area contributed by atoms with Crippen LogP contribution in [0.3, 0.4) is 0 Å². The summed E-state index contributed by atoms with van der Waals surface area (Å²) in [6, 6.07) is 12.3. The van der Waals surface area contributed by atoms with E-state index in [1.807, 2.05) is 12.1 Å². The molecule has 4 rings (SSSR count). The molecule has 1 atom stereocenters. The summed E-state index contributed by atoms with van der Waals surface area (Å²) in [6.07, 6.45) is 1.41. The second kappa shape index (κ2) is 5.09. The molecule has 106 valence electrons. The Kier molecular flexibility index (Phi) is 3.09. The highest BCUT2D eigenvalue weighted by Crippen LogP contribution is 2.31. The van der Waals surface area contributed by atoms with Gasteiger partial charge in [-0.25, -0.2) is 4.98 Å². The molecule has 1 saturated heterocycles. The van der Waals surface area contributed by atoms with Gasteiger partial charge in [0.15, 0.2) is 5.13 Å². The first kappa shape index (κ1) is 12.7. The molecule has 0 aliphatic carbocycles. The molecule has 3 aromatic rings. The van der Waals surface area contributed by atoms with Crippen molar-refractivity contribution in [2.24, 2.45) is 0 Å². The monoisotopic (exact) mass is 298 g/mol. The summed E-state index contributed by atoms with van der Waals surface area (Å²) < 4.78 is 6.48. The van der Waals surface area contributed by atoms with E-state index >= 15 is 0 Å². The van der Waals surface area contributed by atoms with E-state index in [9.17, 15) is 4.79 Å². The van der Waals surface area contributed by atoms with E-state index in [1.54, 1.807) is 0 Å². The summed E-state index contributed by atoms with van der Waals surface area (Å²) in [5, 5.41) is 5.80. The second-order valence-corrected chi connectivity index (χ2v) is 6.17. The van der Waals surface area contributed by atoms with Gasteiger partial charge in [0.1, 0.15) is 6.10 Å². The van der Waals surface area contributed by atoms with Gasteiger partial charge in [0, 0.05) is 12.0 Å². The number of ether oxygens (including phenoxy) is 1. The number of amides is 1. The number of carbonyl (C=O) groups excluding carboxylic acids is 1. The van der Waals surface area contributed by atoms with Crippen LogP contribution < -0.4 is 5.32 Å². The van der Waals surface area contributed by atoms with E-state index in [0.717, 1.165) is 33.8 Å². The molecule has 0 spiro atoms. The minimum Gasteiger partial charge on any atom is -0.368 e. The quantitative estimate of drug-likeness (QED) is 0.787. The van der Waals surface area contributed by atoms with Gasteiger partial charge >= 0.3 is 0 Å². The number of anilines is 1. The Balaban J connectivity index is 1.70. The first-order valence-electron chi connectivity index (χ1n) is 7.02. The van der Waals surface area contributed by atoms with Gasteiger partial charge in [0.2, 0.25) is 0 Å². The summed E-state index contributed by atoms with van der Waals surface area (Å²) >= 11 is 1.50. The summed E-state index contributed by atoms with van der Waals surface area (Å²) in [6.45, 7) is 0.669. The average molecular weight is 298 g/mol. The molecule has 0 unspecified atom stereocenters. The minimum absolute atomic E-state index is 0.0872. The topological polar surface area (TPSA) is 51.2 Å². The molecule has 4 nitrogen and oxygen atoms in total. The molecule has 0 radical (unpaired) electrons. The third-order valence-electron chi connectivity index (χ3n) is 3.74. The highest BCUT2D eigenvalue weighted by Gasteiger charge is 2.24. The Bertz CT molecular complexity index is 821. The maximum Gasteiger partial charge on any atom is 0.255 e. The van der Waals surface area contributed by atoms with Crippen LogP contribution in [0.5, 0.6) is 0 Å². The third-order valence-corrected chi connectivity index (χ3v) is 4.67. The van der Waals surface area contributed by atoms with Crippen LogP contribution in [0.4, 0.5) is 5.13 Å². The van der Waals surface area contributed by atoms with Crippen molar-refractivity contribution in [3.8, 4) is 0 Å². The smallest absolute Gasteiger partial charge is 0.255 e. The van der Waals surface area contributed by atoms with Crippen molar-refractivity contribution < 1.29 is 9.53 Å². The van der Waals surface area contributed by atoms with Crippen LogP contribution in [0, 0.1) is 0 Å². The van der Waals surface area contributed by atoms with E-state index < -0.39 is 0 Å². The molecule has 0 saturated carbocycles. The van der Waals surface area contributed by atoms with Crippen molar-refractivity contribution >= 4 is 43.4 Å². The maximum absolute atomic E-state index is 12.1. The fourth-order valence-corrected chi connectivity index (χ4v) is 3.57. The lowest BCUT2D eigenvalue weighted by Crippen LogP contribution is -2.26. The molecular weight excluding hydrogens is 284 g/mol. The number of fused-ring (bicyclic) bond motifs is 3. The molecular formula is C16H14N2O2S.